The van der Waals surface area contributed by atoms with Crippen molar-refractivity contribution in [2.24, 2.45) is 16.6 Å². The molecule has 4 nitrogen and oxygen atoms in total. The van der Waals surface area contributed by atoms with Gasteiger partial charge in [-0.1, -0.05) is 44.2 Å². The van der Waals surface area contributed by atoms with Crippen LogP contribution in [-0.2, 0) is 4.79 Å². The molecule has 26 heavy (non-hydrogen) atoms. The highest BCUT2D eigenvalue weighted by molar-refractivity contribution is 6.00. The summed E-state index contributed by atoms with van der Waals surface area (Å²) >= 11 is 0. The molecule has 2 aliphatic rings. The summed E-state index contributed by atoms with van der Waals surface area (Å²) in [7, 11) is 0. The fourth-order valence-corrected chi connectivity index (χ4v) is 4.63. The second-order valence-electron chi connectivity index (χ2n) is 8.39. The molecule has 4 rings (SSSR count). The van der Waals surface area contributed by atoms with Gasteiger partial charge in [0.25, 0.3) is 5.91 Å². The van der Waals surface area contributed by atoms with Crippen LogP contribution in [0, 0.1) is 10.8 Å². The van der Waals surface area contributed by atoms with E-state index in [9.17, 15) is 9.59 Å². The number of nitrogens with zero attached hydrogens (tertiary/aromatic N) is 1. The number of carbonyl (C=O) groups excluding carboxylic acids is 2. The summed E-state index contributed by atoms with van der Waals surface area (Å²) in [5.41, 5.74) is 6.41. The number of hydrogen-bond acceptors (Lipinski definition) is 3. The van der Waals surface area contributed by atoms with Gasteiger partial charge in [0.05, 0.1) is 5.70 Å². The average molecular weight is 348 g/mol. The average Bonchev–Trinajstić information content (AvgIpc) is 3.01. The molecule has 4 heteroatoms. The lowest BCUT2D eigenvalue weighted by Crippen LogP contribution is -2.42. The molecular formula is C22H24N2O2. The third kappa shape index (κ3) is 2.70. The number of hydrogen-bond donors (Lipinski definition) is 1. The second kappa shape index (κ2) is 5.70. The maximum Gasteiger partial charge on any atom is 0.253 e. The normalized spacial score (nSPS) is 24.9. The molecule has 134 valence electrons. The Labute approximate surface area is 153 Å². The number of allylic oxidation sites excluding steroid dienone is 1. The minimum absolute atomic E-state index is 0.0161. The molecule has 0 saturated carbocycles. The van der Waals surface area contributed by atoms with E-state index in [1.165, 1.54) is 0 Å². The second-order valence-corrected chi connectivity index (χ2v) is 8.39. The van der Waals surface area contributed by atoms with Crippen molar-refractivity contribution < 1.29 is 9.59 Å². The SMILES string of the molecule is CC1(C)C[C@]2(C=C(N)C1=O)CCN(C(=O)c1ccc3ccccc3c1)C2. The summed E-state index contributed by atoms with van der Waals surface area (Å²) in [5, 5.41) is 2.20. The van der Waals surface area contributed by atoms with Crippen molar-refractivity contribution in [3.8, 4) is 0 Å². The van der Waals surface area contributed by atoms with Gasteiger partial charge in [0.2, 0.25) is 0 Å². The topological polar surface area (TPSA) is 63.4 Å². The fourth-order valence-electron chi connectivity index (χ4n) is 4.63. The van der Waals surface area contributed by atoms with E-state index in [-0.39, 0.29) is 17.1 Å². The fraction of sp³-hybridized carbons (Fsp3) is 0.364. The lowest BCUT2D eigenvalue weighted by molar-refractivity contribution is -0.125. The quantitative estimate of drug-likeness (QED) is 0.858. The molecule has 0 radical (unpaired) electrons. The van der Waals surface area contributed by atoms with Crippen LogP contribution in [0.2, 0.25) is 0 Å². The van der Waals surface area contributed by atoms with E-state index >= 15 is 0 Å². The minimum Gasteiger partial charge on any atom is -0.396 e. The third-order valence-electron chi connectivity index (χ3n) is 5.80. The summed E-state index contributed by atoms with van der Waals surface area (Å²) < 4.78 is 0. The van der Waals surface area contributed by atoms with Gasteiger partial charge in [-0.15, -0.1) is 0 Å². The smallest absolute Gasteiger partial charge is 0.253 e. The number of likely N-dealkylation sites (tertiary alicyclic amines) is 1. The zero-order valence-corrected chi connectivity index (χ0v) is 15.3. The van der Waals surface area contributed by atoms with E-state index < -0.39 is 5.41 Å². The Bertz CT molecular complexity index is 944. The number of rotatable bonds is 1. The Kier molecular flexibility index (Phi) is 3.69. The van der Waals surface area contributed by atoms with Crippen molar-refractivity contribution >= 4 is 22.5 Å². The van der Waals surface area contributed by atoms with E-state index in [1.54, 1.807) is 0 Å². The highest BCUT2D eigenvalue weighted by Crippen LogP contribution is 2.47. The molecule has 1 fully saturated rings. The van der Waals surface area contributed by atoms with Gasteiger partial charge in [-0.05, 0) is 41.8 Å². The Morgan fingerprint density at radius 1 is 1.12 bits per heavy atom. The van der Waals surface area contributed by atoms with E-state index in [0.717, 1.165) is 23.6 Å². The molecule has 1 heterocycles. The van der Waals surface area contributed by atoms with Crippen LogP contribution in [0.4, 0.5) is 0 Å². The number of ketones is 1. The summed E-state index contributed by atoms with van der Waals surface area (Å²) in [6, 6.07) is 13.9. The zero-order valence-electron chi connectivity index (χ0n) is 15.3. The van der Waals surface area contributed by atoms with E-state index in [2.05, 4.69) is 0 Å². The first kappa shape index (κ1) is 16.8. The first-order valence-electron chi connectivity index (χ1n) is 9.11. The van der Waals surface area contributed by atoms with Crippen molar-refractivity contribution in [1.82, 2.24) is 4.90 Å². The first-order chi connectivity index (χ1) is 12.3. The molecule has 0 aromatic heterocycles. The van der Waals surface area contributed by atoms with Crippen LogP contribution in [0.1, 0.15) is 37.0 Å². The van der Waals surface area contributed by atoms with Crippen LogP contribution < -0.4 is 5.73 Å². The number of carbonyl (C=O) groups is 2. The molecule has 2 aromatic carbocycles. The number of amides is 1. The third-order valence-corrected chi connectivity index (χ3v) is 5.80. The molecule has 0 bridgehead atoms. The monoisotopic (exact) mass is 348 g/mol. The highest BCUT2D eigenvalue weighted by atomic mass is 16.2. The van der Waals surface area contributed by atoms with Crippen molar-refractivity contribution in [1.29, 1.82) is 0 Å². The van der Waals surface area contributed by atoms with Crippen LogP contribution in [0.5, 0.6) is 0 Å². The predicted molar refractivity (Wildman–Crippen MR) is 103 cm³/mol. The summed E-state index contributed by atoms with van der Waals surface area (Å²) in [6.45, 7) is 5.21. The van der Waals surface area contributed by atoms with Crippen LogP contribution in [0.25, 0.3) is 10.8 Å². The Morgan fingerprint density at radius 2 is 1.85 bits per heavy atom. The van der Waals surface area contributed by atoms with Crippen molar-refractivity contribution in [2.75, 3.05) is 13.1 Å². The van der Waals surface area contributed by atoms with E-state index in [0.29, 0.717) is 24.4 Å². The van der Waals surface area contributed by atoms with Gasteiger partial charge in [-0.2, -0.15) is 0 Å². The molecule has 1 aliphatic carbocycles. The van der Waals surface area contributed by atoms with Crippen LogP contribution in [0.15, 0.2) is 54.2 Å². The molecule has 2 N–H and O–H groups in total. The summed E-state index contributed by atoms with van der Waals surface area (Å²) in [5.74, 6) is 0.0664. The van der Waals surface area contributed by atoms with Gasteiger partial charge in [-0.3, -0.25) is 9.59 Å². The molecule has 0 unspecified atom stereocenters. The van der Waals surface area contributed by atoms with Gasteiger partial charge >= 0.3 is 0 Å². The number of fused-ring (bicyclic) bond motifs is 1. The maximum absolute atomic E-state index is 13.0. The van der Waals surface area contributed by atoms with Crippen LogP contribution in [-0.4, -0.2) is 29.7 Å². The lowest BCUT2D eigenvalue weighted by atomic mass is 9.65. The Balaban J connectivity index is 1.60. The lowest BCUT2D eigenvalue weighted by Gasteiger charge is -2.39. The summed E-state index contributed by atoms with van der Waals surface area (Å²) in [4.78, 5) is 27.2. The van der Waals surface area contributed by atoms with Crippen molar-refractivity contribution in [3.05, 3.63) is 59.8 Å². The van der Waals surface area contributed by atoms with Crippen molar-refractivity contribution in [3.63, 3.8) is 0 Å². The highest BCUT2D eigenvalue weighted by Gasteiger charge is 2.48. The Hall–Kier alpha value is -2.62. The zero-order chi connectivity index (χ0) is 18.5. The molecule has 1 saturated heterocycles. The van der Waals surface area contributed by atoms with Gasteiger partial charge in [0.15, 0.2) is 5.78 Å². The molecule has 1 atom stereocenters. The standard InChI is InChI=1S/C22H24N2O2/c1-21(2)13-22(12-18(23)19(21)25)9-10-24(14-22)20(26)17-8-7-15-5-3-4-6-16(15)11-17/h3-8,11-12H,9-10,13-14,23H2,1-2H3/t22-/m1/s1. The molecule has 2 aromatic rings. The van der Waals surface area contributed by atoms with Crippen LogP contribution >= 0.6 is 0 Å². The van der Waals surface area contributed by atoms with Crippen LogP contribution in [0.3, 0.4) is 0 Å². The predicted octanol–water partition coefficient (Wildman–Crippen LogP) is 3.51. The van der Waals surface area contributed by atoms with Crippen molar-refractivity contribution in [2.45, 2.75) is 26.7 Å². The number of Topliss-reactive ketones (excluding diaryl/α,β-unsaturated/α-hetero) is 1. The molecule has 1 amide bonds. The Morgan fingerprint density at radius 3 is 2.58 bits per heavy atom. The minimum atomic E-state index is -0.471. The van der Waals surface area contributed by atoms with Gasteiger partial charge in [0.1, 0.15) is 0 Å². The number of benzene rings is 2. The van der Waals surface area contributed by atoms with E-state index in [1.807, 2.05) is 67.3 Å². The summed E-state index contributed by atoms with van der Waals surface area (Å²) in [6.07, 6.45) is 3.50. The largest absolute Gasteiger partial charge is 0.396 e. The molecular weight excluding hydrogens is 324 g/mol. The first-order valence-corrected chi connectivity index (χ1v) is 9.11. The van der Waals surface area contributed by atoms with Gasteiger partial charge in [-0.25, -0.2) is 0 Å². The van der Waals surface area contributed by atoms with Gasteiger partial charge < -0.3 is 10.6 Å². The maximum atomic E-state index is 13.0. The van der Waals surface area contributed by atoms with Gasteiger partial charge in [0, 0.05) is 29.5 Å². The number of nitrogens with two attached hydrogens (primary N) is 1. The van der Waals surface area contributed by atoms with E-state index in [4.69, 9.17) is 5.73 Å². The molecule has 1 aliphatic heterocycles. The molecule has 1 spiro atoms.